The quantitative estimate of drug-likeness (QED) is 0.0630. The fourth-order valence-corrected chi connectivity index (χ4v) is 12.0. The molecule has 2 saturated heterocycles. The van der Waals surface area contributed by atoms with E-state index >= 15 is 8.78 Å². The largest absolute Gasteiger partial charge is 0.496 e. The van der Waals surface area contributed by atoms with Crippen molar-refractivity contribution in [2.75, 3.05) is 107 Å². The first kappa shape index (κ1) is 55.3. The topological polar surface area (TPSA) is 126 Å². The minimum atomic E-state index is -1.52. The molecule has 0 spiro atoms. The maximum Gasteiger partial charge on any atom is 0.144 e. The second-order valence-electron chi connectivity index (χ2n) is 21.8. The second kappa shape index (κ2) is 24.0. The van der Waals surface area contributed by atoms with Crippen LogP contribution in [0.15, 0.2) is 73.1 Å². The summed E-state index contributed by atoms with van der Waals surface area (Å²) in [6.45, 7) is 12.1. The van der Waals surface area contributed by atoms with Crippen molar-refractivity contribution in [3.05, 3.63) is 106 Å². The van der Waals surface area contributed by atoms with E-state index in [0.29, 0.717) is 24.3 Å². The number of aromatic nitrogens is 4. The first-order chi connectivity index (χ1) is 36.7. The number of nitrogens with one attached hydrogen (secondary N) is 2. The lowest BCUT2D eigenvalue weighted by atomic mass is 9.82. The van der Waals surface area contributed by atoms with Crippen LogP contribution in [0.2, 0.25) is 0 Å². The van der Waals surface area contributed by atoms with E-state index in [4.69, 9.17) is 28.4 Å². The van der Waals surface area contributed by atoms with Crippen LogP contribution < -0.4 is 18.9 Å². The molecule has 0 radical (unpaired) electrons. The summed E-state index contributed by atoms with van der Waals surface area (Å²) in [7, 11) is 6.38. The number of nitrogens with zero attached hydrogens (tertiary/aromatic N) is 6. The maximum absolute atomic E-state index is 15.6. The molecule has 0 aliphatic carbocycles. The summed E-state index contributed by atoms with van der Waals surface area (Å²) >= 11 is 0. The molecule has 6 aromatic rings. The predicted molar refractivity (Wildman–Crippen MR) is 287 cm³/mol. The smallest absolute Gasteiger partial charge is 0.144 e. The molecule has 0 unspecified atom stereocenters. The highest BCUT2D eigenvalue weighted by Gasteiger charge is 2.42. The minimum absolute atomic E-state index is 0.0181. The SMILES string of the molecule is COC[C@@](C)(F)CN1[C@H](c2ccc(OC3CN(CCCF)C3)cc2OC)c2ccc3[nH]ncc3c2C[C@H]1C.COC[C@](C)(F)CN1[C@H](c2ccc(OC3CN(CCCF)C3)cc2OC)c2ccc3[nH]ncc3c2C[C@H]1C. The summed E-state index contributed by atoms with van der Waals surface area (Å²) in [5, 5.41) is 16.9. The molecule has 0 amide bonds. The van der Waals surface area contributed by atoms with Gasteiger partial charge in [-0.1, -0.05) is 12.1 Å². The van der Waals surface area contributed by atoms with Gasteiger partial charge in [0.15, 0.2) is 0 Å². The molecule has 76 heavy (non-hydrogen) atoms. The molecule has 0 saturated carbocycles. The van der Waals surface area contributed by atoms with Gasteiger partial charge in [0.1, 0.15) is 46.5 Å². The van der Waals surface area contributed by atoms with Gasteiger partial charge in [-0.05, 0) is 112 Å². The molecule has 18 heteroatoms. The molecule has 6 atom stereocenters. The van der Waals surface area contributed by atoms with E-state index in [2.05, 4.69) is 66.0 Å². The Morgan fingerprint density at radius 1 is 0.579 bits per heavy atom. The van der Waals surface area contributed by atoms with Crippen molar-refractivity contribution in [3.8, 4) is 23.0 Å². The number of rotatable bonds is 22. The molecule has 4 aliphatic heterocycles. The first-order valence-electron chi connectivity index (χ1n) is 26.7. The number of H-pyrrole nitrogens is 2. The van der Waals surface area contributed by atoms with Crippen molar-refractivity contribution in [2.45, 2.75) is 101 Å². The zero-order chi connectivity index (χ0) is 53.7. The Kier molecular flexibility index (Phi) is 17.5. The van der Waals surface area contributed by atoms with E-state index in [9.17, 15) is 8.78 Å². The van der Waals surface area contributed by atoms with Gasteiger partial charge in [-0.2, -0.15) is 10.2 Å². The first-order valence-corrected chi connectivity index (χ1v) is 26.7. The molecule has 2 fully saturated rings. The lowest BCUT2D eigenvalue weighted by molar-refractivity contribution is 0.00193. The summed E-state index contributed by atoms with van der Waals surface area (Å²) in [6.07, 6.45) is 6.59. The van der Waals surface area contributed by atoms with E-state index < -0.39 is 11.3 Å². The Hall–Kier alpha value is -5.50. The van der Waals surface area contributed by atoms with Gasteiger partial charge in [-0.15, -0.1) is 0 Å². The van der Waals surface area contributed by atoms with Crippen LogP contribution in [-0.2, 0) is 22.3 Å². The zero-order valence-electron chi connectivity index (χ0n) is 45.4. The van der Waals surface area contributed by atoms with Gasteiger partial charge in [-0.3, -0.25) is 38.6 Å². The van der Waals surface area contributed by atoms with Crippen molar-refractivity contribution in [2.24, 2.45) is 0 Å². The Labute approximate surface area is 444 Å². The van der Waals surface area contributed by atoms with E-state index in [1.807, 2.05) is 60.9 Å². The number of hydrogen-bond donors (Lipinski definition) is 2. The zero-order valence-corrected chi connectivity index (χ0v) is 45.4. The highest BCUT2D eigenvalue weighted by molar-refractivity contribution is 5.84. The third kappa shape index (κ3) is 12.1. The number of likely N-dealkylation sites (tertiary alicyclic amines) is 2. The third-order valence-electron chi connectivity index (χ3n) is 15.5. The second-order valence-corrected chi connectivity index (χ2v) is 21.8. The third-order valence-corrected chi connectivity index (χ3v) is 15.5. The van der Waals surface area contributed by atoms with Gasteiger partial charge in [0.25, 0.3) is 0 Å². The van der Waals surface area contributed by atoms with Crippen molar-refractivity contribution in [1.29, 1.82) is 0 Å². The number of fused-ring (bicyclic) bond motifs is 6. The average molecular weight is 1060 g/mol. The van der Waals surface area contributed by atoms with Gasteiger partial charge in [0.2, 0.25) is 0 Å². The molecule has 4 aliphatic rings. The van der Waals surface area contributed by atoms with Crippen molar-refractivity contribution < 1.29 is 46.0 Å². The Morgan fingerprint density at radius 3 is 1.34 bits per heavy atom. The Morgan fingerprint density at radius 2 is 0.974 bits per heavy atom. The molecule has 4 aromatic carbocycles. The molecule has 412 valence electrons. The normalized spacial score (nSPS) is 22.2. The molecule has 10 rings (SSSR count). The van der Waals surface area contributed by atoms with Gasteiger partial charge >= 0.3 is 0 Å². The van der Waals surface area contributed by atoms with Gasteiger partial charge in [0.05, 0.1) is 76.3 Å². The number of alkyl halides is 4. The molecular formula is C58H76F4N8O6. The van der Waals surface area contributed by atoms with Crippen LogP contribution >= 0.6 is 0 Å². The minimum Gasteiger partial charge on any atom is -0.496 e. The highest BCUT2D eigenvalue weighted by atomic mass is 19.1. The number of halogens is 4. The van der Waals surface area contributed by atoms with E-state index in [0.717, 1.165) is 108 Å². The van der Waals surface area contributed by atoms with Crippen LogP contribution in [0.4, 0.5) is 17.6 Å². The fourth-order valence-electron chi connectivity index (χ4n) is 12.0. The van der Waals surface area contributed by atoms with Crippen LogP contribution in [0.25, 0.3) is 21.8 Å². The lowest BCUT2D eigenvalue weighted by Crippen LogP contribution is -2.53. The Balaban J connectivity index is 0.000000186. The lowest BCUT2D eigenvalue weighted by Gasteiger charge is -2.45. The maximum atomic E-state index is 15.6. The molecule has 6 heterocycles. The molecule has 14 nitrogen and oxygen atoms in total. The average Bonchev–Trinajstić information content (AvgIpc) is 4.11. The highest BCUT2D eigenvalue weighted by Crippen LogP contribution is 2.47. The number of benzene rings is 4. The summed E-state index contributed by atoms with van der Waals surface area (Å²) in [6, 6.07) is 19.9. The van der Waals surface area contributed by atoms with Crippen LogP contribution in [0.1, 0.15) is 86.0 Å². The van der Waals surface area contributed by atoms with Crippen molar-refractivity contribution in [1.82, 2.24) is 40.0 Å². The van der Waals surface area contributed by atoms with Gasteiger partial charge < -0.3 is 28.4 Å². The summed E-state index contributed by atoms with van der Waals surface area (Å²) in [5.74, 6) is 2.87. The fraction of sp³-hybridized carbons (Fsp3) is 0.552. The number of aromatic amines is 2. The van der Waals surface area contributed by atoms with Gasteiger partial charge in [-0.25, -0.2) is 8.78 Å². The number of hydrogen-bond acceptors (Lipinski definition) is 12. The monoisotopic (exact) mass is 1060 g/mol. The van der Waals surface area contributed by atoms with Gasteiger partial charge in [0, 0.05) is 113 Å². The summed E-state index contributed by atoms with van der Waals surface area (Å²) < 4.78 is 90.7. The van der Waals surface area contributed by atoms with E-state index in [1.165, 1.54) is 25.3 Å². The standard InChI is InChI=1S/2C29H38F2N4O3/c2*1-19-12-24-22(8-9-26-25(24)14-32-33-26)28(35(19)17-29(2,31)18-36-3)23-7-6-20(13-27(23)37-4)38-21-15-34(16-21)11-5-10-30/h2*6-9,13-14,19,21,28H,5,10-12,15-18H2,1-4H3,(H,32,33)/t19-,28+,29+;19-,28+,29-/m11/s1. The van der Waals surface area contributed by atoms with Crippen LogP contribution in [-0.4, -0.2) is 183 Å². The number of ether oxygens (including phenoxy) is 6. The van der Waals surface area contributed by atoms with E-state index in [1.54, 1.807) is 28.1 Å². The van der Waals surface area contributed by atoms with Crippen molar-refractivity contribution in [3.63, 3.8) is 0 Å². The predicted octanol–water partition coefficient (Wildman–Crippen LogP) is 9.41. The molecule has 2 N–H and O–H groups in total. The molecule has 2 aromatic heterocycles. The van der Waals surface area contributed by atoms with E-state index in [-0.39, 0.29) is 76.0 Å². The van der Waals surface area contributed by atoms with Crippen LogP contribution in [0, 0.1) is 0 Å². The Bertz CT molecular complexity index is 2680. The molecular weight excluding hydrogens is 981 g/mol. The number of methoxy groups -OCH3 is 4. The summed E-state index contributed by atoms with van der Waals surface area (Å²) in [5.41, 5.74) is 5.57. The van der Waals surface area contributed by atoms with Crippen molar-refractivity contribution >= 4 is 21.8 Å². The molecule has 0 bridgehead atoms. The summed E-state index contributed by atoms with van der Waals surface area (Å²) in [4.78, 5) is 8.83. The van der Waals surface area contributed by atoms with Crippen LogP contribution in [0.5, 0.6) is 23.0 Å². The van der Waals surface area contributed by atoms with Crippen LogP contribution in [0.3, 0.4) is 0 Å².